The summed E-state index contributed by atoms with van der Waals surface area (Å²) in [4.78, 5) is 0. The van der Waals surface area contributed by atoms with Crippen LogP contribution in [-0.2, 0) is 0 Å². The summed E-state index contributed by atoms with van der Waals surface area (Å²) in [6.45, 7) is 4.59. The van der Waals surface area contributed by atoms with Crippen LogP contribution in [-0.4, -0.2) is 0 Å². The van der Waals surface area contributed by atoms with Crippen LogP contribution in [0.15, 0.2) is 54.6 Å². The highest BCUT2D eigenvalue weighted by molar-refractivity contribution is 6.23. The standard InChI is InChI=1S/C20H18/c1-3-13(2)17-11-9-16-8-7-14-5-4-6-15-10-12-18(17)20(16)19(14)15/h4-13H,3H2,1-2H3. The van der Waals surface area contributed by atoms with E-state index in [9.17, 15) is 0 Å². The van der Waals surface area contributed by atoms with Crippen LogP contribution in [0.25, 0.3) is 32.3 Å². The third kappa shape index (κ3) is 1.48. The van der Waals surface area contributed by atoms with E-state index in [2.05, 4.69) is 68.4 Å². The minimum Gasteiger partial charge on any atom is -0.0648 e. The van der Waals surface area contributed by atoms with Gasteiger partial charge in [-0.1, -0.05) is 68.4 Å². The fraction of sp³-hybridized carbons (Fsp3) is 0.200. The van der Waals surface area contributed by atoms with Crippen molar-refractivity contribution in [2.45, 2.75) is 26.2 Å². The van der Waals surface area contributed by atoms with Gasteiger partial charge in [-0.05, 0) is 50.2 Å². The molecule has 0 saturated heterocycles. The summed E-state index contributed by atoms with van der Waals surface area (Å²) in [6.07, 6.45) is 1.18. The zero-order valence-electron chi connectivity index (χ0n) is 12.0. The van der Waals surface area contributed by atoms with E-state index in [0.29, 0.717) is 5.92 Å². The Hall–Kier alpha value is -2.08. The van der Waals surface area contributed by atoms with Gasteiger partial charge >= 0.3 is 0 Å². The van der Waals surface area contributed by atoms with Gasteiger partial charge in [-0.3, -0.25) is 0 Å². The number of hydrogen-bond acceptors (Lipinski definition) is 0. The molecule has 0 saturated carbocycles. The van der Waals surface area contributed by atoms with Gasteiger partial charge in [0.25, 0.3) is 0 Å². The Kier molecular flexibility index (Phi) is 2.47. The summed E-state index contributed by atoms with van der Waals surface area (Å²) in [6, 6.07) is 20.3. The molecule has 0 aliphatic rings. The highest BCUT2D eigenvalue weighted by Crippen LogP contribution is 2.38. The van der Waals surface area contributed by atoms with E-state index in [1.165, 1.54) is 44.3 Å². The lowest BCUT2D eigenvalue weighted by molar-refractivity contribution is 0.740. The molecule has 4 aromatic carbocycles. The van der Waals surface area contributed by atoms with Crippen LogP contribution in [0.3, 0.4) is 0 Å². The predicted molar refractivity (Wildman–Crippen MR) is 88.9 cm³/mol. The molecule has 0 heteroatoms. The van der Waals surface area contributed by atoms with E-state index in [-0.39, 0.29) is 0 Å². The molecular formula is C20H18. The number of benzene rings is 4. The average Bonchev–Trinajstić information content (AvgIpc) is 2.51. The first-order valence-electron chi connectivity index (χ1n) is 7.46. The molecule has 0 spiro atoms. The first kappa shape index (κ1) is 11.7. The van der Waals surface area contributed by atoms with Crippen molar-refractivity contribution in [3.05, 3.63) is 60.2 Å². The molecule has 1 atom stereocenters. The van der Waals surface area contributed by atoms with Crippen molar-refractivity contribution in [1.82, 2.24) is 0 Å². The summed E-state index contributed by atoms with van der Waals surface area (Å²) in [7, 11) is 0. The smallest absolute Gasteiger partial charge is 0.00239 e. The summed E-state index contributed by atoms with van der Waals surface area (Å²) in [5.74, 6) is 0.611. The molecule has 1 unspecified atom stereocenters. The Labute approximate surface area is 119 Å². The monoisotopic (exact) mass is 258 g/mol. The van der Waals surface area contributed by atoms with Gasteiger partial charge in [0.15, 0.2) is 0 Å². The largest absolute Gasteiger partial charge is 0.0648 e. The van der Waals surface area contributed by atoms with E-state index >= 15 is 0 Å². The van der Waals surface area contributed by atoms with Crippen molar-refractivity contribution in [2.24, 2.45) is 0 Å². The first-order chi connectivity index (χ1) is 9.79. The van der Waals surface area contributed by atoms with Crippen LogP contribution in [0.4, 0.5) is 0 Å². The van der Waals surface area contributed by atoms with Crippen LogP contribution < -0.4 is 0 Å². The van der Waals surface area contributed by atoms with Crippen LogP contribution in [0.5, 0.6) is 0 Å². The zero-order valence-corrected chi connectivity index (χ0v) is 12.0. The minimum atomic E-state index is 0.611. The number of hydrogen-bond donors (Lipinski definition) is 0. The third-order valence-electron chi connectivity index (χ3n) is 4.71. The topological polar surface area (TPSA) is 0 Å². The Morgan fingerprint density at radius 2 is 1.35 bits per heavy atom. The van der Waals surface area contributed by atoms with Crippen molar-refractivity contribution >= 4 is 32.3 Å². The lowest BCUT2D eigenvalue weighted by Crippen LogP contribution is -1.94. The van der Waals surface area contributed by atoms with Crippen LogP contribution >= 0.6 is 0 Å². The second-order valence-corrected chi connectivity index (χ2v) is 5.82. The molecule has 0 heterocycles. The number of rotatable bonds is 2. The van der Waals surface area contributed by atoms with Crippen molar-refractivity contribution in [2.75, 3.05) is 0 Å². The molecule has 0 aliphatic heterocycles. The molecule has 0 aliphatic carbocycles. The van der Waals surface area contributed by atoms with Gasteiger partial charge in [-0.2, -0.15) is 0 Å². The Bertz CT molecular complexity index is 886. The summed E-state index contributed by atoms with van der Waals surface area (Å²) in [5, 5.41) is 8.35. The fourth-order valence-electron chi connectivity index (χ4n) is 3.41. The lowest BCUT2D eigenvalue weighted by Gasteiger charge is -2.17. The second-order valence-electron chi connectivity index (χ2n) is 5.82. The summed E-state index contributed by atoms with van der Waals surface area (Å²) >= 11 is 0. The second kappa shape index (κ2) is 4.21. The average molecular weight is 258 g/mol. The van der Waals surface area contributed by atoms with Crippen molar-refractivity contribution in [3.8, 4) is 0 Å². The molecule has 0 nitrogen and oxygen atoms in total. The van der Waals surface area contributed by atoms with Crippen molar-refractivity contribution in [3.63, 3.8) is 0 Å². The molecule has 0 fully saturated rings. The van der Waals surface area contributed by atoms with Crippen LogP contribution in [0, 0.1) is 0 Å². The SMILES string of the molecule is CCC(C)c1ccc2ccc3cccc4ccc1c2c34. The maximum absolute atomic E-state index is 2.33. The lowest BCUT2D eigenvalue weighted by atomic mass is 9.87. The van der Waals surface area contributed by atoms with Gasteiger partial charge in [0.2, 0.25) is 0 Å². The quantitative estimate of drug-likeness (QED) is 0.381. The molecular weight excluding hydrogens is 240 g/mol. The van der Waals surface area contributed by atoms with E-state index < -0.39 is 0 Å². The van der Waals surface area contributed by atoms with Crippen molar-refractivity contribution in [1.29, 1.82) is 0 Å². The zero-order chi connectivity index (χ0) is 13.7. The Balaban J connectivity index is 2.26. The molecule has 98 valence electrons. The Morgan fingerprint density at radius 1 is 0.750 bits per heavy atom. The maximum Gasteiger partial charge on any atom is -0.00239 e. The van der Waals surface area contributed by atoms with Gasteiger partial charge in [-0.15, -0.1) is 0 Å². The molecule has 4 rings (SSSR count). The van der Waals surface area contributed by atoms with E-state index in [0.717, 1.165) is 0 Å². The molecule has 4 aromatic rings. The van der Waals surface area contributed by atoms with E-state index in [1.807, 2.05) is 0 Å². The van der Waals surface area contributed by atoms with Gasteiger partial charge in [0.05, 0.1) is 0 Å². The first-order valence-corrected chi connectivity index (χ1v) is 7.46. The van der Waals surface area contributed by atoms with Gasteiger partial charge in [0, 0.05) is 0 Å². The van der Waals surface area contributed by atoms with E-state index in [1.54, 1.807) is 0 Å². The molecule has 20 heavy (non-hydrogen) atoms. The molecule has 0 amide bonds. The maximum atomic E-state index is 2.33. The summed E-state index contributed by atoms with van der Waals surface area (Å²) in [5.41, 5.74) is 1.48. The van der Waals surface area contributed by atoms with Gasteiger partial charge in [0.1, 0.15) is 0 Å². The molecule has 0 radical (unpaired) electrons. The molecule has 0 bridgehead atoms. The van der Waals surface area contributed by atoms with Crippen LogP contribution in [0.2, 0.25) is 0 Å². The normalized spacial score (nSPS) is 13.5. The van der Waals surface area contributed by atoms with Gasteiger partial charge in [-0.25, -0.2) is 0 Å². The minimum absolute atomic E-state index is 0.611. The molecule has 0 N–H and O–H groups in total. The third-order valence-corrected chi connectivity index (χ3v) is 4.71. The highest BCUT2D eigenvalue weighted by atomic mass is 14.2. The fourth-order valence-corrected chi connectivity index (χ4v) is 3.41. The summed E-state index contributed by atoms with van der Waals surface area (Å²) < 4.78 is 0. The van der Waals surface area contributed by atoms with E-state index in [4.69, 9.17) is 0 Å². The van der Waals surface area contributed by atoms with Crippen LogP contribution in [0.1, 0.15) is 31.7 Å². The predicted octanol–water partition coefficient (Wildman–Crippen LogP) is 6.10. The molecule has 0 aromatic heterocycles. The Morgan fingerprint density at radius 3 is 2.05 bits per heavy atom. The van der Waals surface area contributed by atoms with Crippen molar-refractivity contribution < 1.29 is 0 Å². The highest BCUT2D eigenvalue weighted by Gasteiger charge is 2.13. The van der Waals surface area contributed by atoms with Gasteiger partial charge < -0.3 is 0 Å².